The number of carbonyl (C=O) groups excluding carboxylic acids is 4. The van der Waals surface area contributed by atoms with E-state index >= 15 is 0 Å². The Morgan fingerprint density at radius 1 is 0.901 bits per heavy atom. The molecule has 3 aliphatic heterocycles. The third kappa shape index (κ3) is 16.0. The molecule has 11 unspecified atom stereocenters. The van der Waals surface area contributed by atoms with Crippen LogP contribution >= 0.6 is 0 Å². The van der Waals surface area contributed by atoms with Crippen molar-refractivity contribution in [3.05, 3.63) is 46.6 Å². The second-order valence-corrected chi connectivity index (χ2v) is 22.7. The van der Waals surface area contributed by atoms with Gasteiger partial charge in [0.1, 0.15) is 11.8 Å². The minimum absolute atomic E-state index is 0.00235. The van der Waals surface area contributed by atoms with Crippen LogP contribution in [-0.4, -0.2) is 135 Å². The third-order valence-electron chi connectivity index (χ3n) is 16.0. The fourth-order valence-corrected chi connectivity index (χ4v) is 11.9. The maximum absolute atomic E-state index is 14.2. The Morgan fingerprint density at radius 3 is 2.25 bits per heavy atom. The SMILES string of the molecule is COC1CCCC(C[C@@H](C)CCC(=O)C/C=C(\C)CC(OC)C(=O)C(C)CCC2C=CC(/C=C(\C)C(CC3CCC(C)C(O)(C(C(=O)N4CCCCC4C(=O)O)=C4CC4)O3)OC)N([C](C)=[V])N2C(C)=O)C1. The molecule has 397 valence electrons. The average Bonchev–Trinajstić information content (AvgIpc) is 4.18. The van der Waals surface area contributed by atoms with Crippen molar-refractivity contribution in [1.29, 1.82) is 0 Å². The van der Waals surface area contributed by atoms with Gasteiger partial charge in [-0.05, 0) is 69.6 Å². The number of piperidine rings is 1. The molecule has 71 heavy (non-hydrogen) atoms. The number of aliphatic carboxylic acids is 1. The van der Waals surface area contributed by atoms with E-state index in [-0.39, 0.29) is 47.0 Å². The van der Waals surface area contributed by atoms with E-state index in [1.165, 1.54) is 17.7 Å². The molecule has 5 rings (SSSR count). The molecule has 3 heterocycles. The summed E-state index contributed by atoms with van der Waals surface area (Å²) in [7, 11) is 5.00. The first-order valence-corrected chi connectivity index (χ1v) is 27.4. The summed E-state index contributed by atoms with van der Waals surface area (Å²) < 4.78 is 24.8. The Kier molecular flexibility index (Phi) is 22.7. The Bertz CT molecular complexity index is 2010. The van der Waals surface area contributed by atoms with Crippen molar-refractivity contribution in [2.75, 3.05) is 27.9 Å². The molecule has 0 spiro atoms. The number of rotatable bonds is 25. The molecule has 4 fully saturated rings. The minimum atomic E-state index is -1.86. The Hall–Kier alpha value is -3.08. The summed E-state index contributed by atoms with van der Waals surface area (Å²) >= 11 is 2.54. The predicted octanol–water partition coefficient (Wildman–Crippen LogP) is 8.77. The van der Waals surface area contributed by atoms with Crippen LogP contribution in [0.4, 0.5) is 0 Å². The molecular weight excluding hydrogens is 942 g/mol. The summed E-state index contributed by atoms with van der Waals surface area (Å²) in [5.41, 5.74) is 2.90. The molecule has 2 saturated heterocycles. The number of likely N-dealkylation sites (tertiary alicyclic amines) is 1. The first-order chi connectivity index (χ1) is 33.7. The second kappa shape index (κ2) is 27.5. The van der Waals surface area contributed by atoms with Gasteiger partial charge in [0.15, 0.2) is 0 Å². The van der Waals surface area contributed by atoms with Crippen LogP contribution in [0.25, 0.3) is 0 Å². The number of ketones is 2. The van der Waals surface area contributed by atoms with Gasteiger partial charge < -0.3 is 14.7 Å². The van der Waals surface area contributed by atoms with E-state index in [4.69, 9.17) is 18.9 Å². The number of Topliss-reactive ketones (excluding diaryl/α,β-unsaturated/α-hetero) is 2. The summed E-state index contributed by atoms with van der Waals surface area (Å²) in [5.74, 6) is -2.79. The van der Waals surface area contributed by atoms with Gasteiger partial charge in [0.05, 0.1) is 6.10 Å². The zero-order valence-electron chi connectivity index (χ0n) is 44.7. The Labute approximate surface area is 433 Å². The van der Waals surface area contributed by atoms with Crippen LogP contribution in [0, 0.1) is 23.7 Å². The van der Waals surface area contributed by atoms with Crippen LogP contribution in [0.2, 0.25) is 0 Å². The Morgan fingerprint density at radius 2 is 1.62 bits per heavy atom. The molecule has 0 aromatic heterocycles. The molecule has 0 aromatic carbocycles. The molecule has 5 aliphatic rings. The quantitative estimate of drug-likeness (QED) is 0.0659. The number of carboxylic acid groups (broad SMARTS) is 1. The maximum atomic E-state index is 14.2. The summed E-state index contributed by atoms with van der Waals surface area (Å²) in [6.07, 6.45) is 21.0. The summed E-state index contributed by atoms with van der Waals surface area (Å²) in [5, 5.41) is 26.1. The van der Waals surface area contributed by atoms with Crippen molar-refractivity contribution in [1.82, 2.24) is 14.9 Å². The van der Waals surface area contributed by atoms with Crippen molar-refractivity contribution in [2.24, 2.45) is 23.7 Å². The van der Waals surface area contributed by atoms with Crippen LogP contribution in [0.15, 0.2) is 46.6 Å². The van der Waals surface area contributed by atoms with Crippen molar-refractivity contribution in [3.8, 4) is 0 Å². The van der Waals surface area contributed by atoms with Gasteiger partial charge in [0.25, 0.3) is 0 Å². The zero-order valence-corrected chi connectivity index (χ0v) is 46.1. The number of nitrogens with zero attached hydrogens (tertiary/aromatic N) is 3. The van der Waals surface area contributed by atoms with E-state index < -0.39 is 42.0 Å². The molecule has 0 radical (unpaired) electrons. The van der Waals surface area contributed by atoms with Gasteiger partial charge in [0.2, 0.25) is 0 Å². The van der Waals surface area contributed by atoms with Crippen LogP contribution in [-0.2, 0) is 59.9 Å². The number of amides is 2. The average molecular weight is 1030 g/mol. The van der Waals surface area contributed by atoms with Gasteiger partial charge in [-0.2, -0.15) is 0 Å². The standard InChI is InChI=1S/C56H87N3O11.V/c1-11-58-45(33-39(5)50(68-9)35-48-29-21-40(6)56(66,70-48)52(43-22-23-43)54(63)57-30-13-12-17-49(57)55(64)65)26-25-44(59(58)41(7)60)24-20-38(4)53(62)51(69-10)32-37(3)19-28-46(61)27-18-36(2)31-42-15-14-16-47(34-42)67-8;/h19,25-26,33,36,38,40,42,44-45,47-51,66H,12-18,20-24,27-32,34-35H2,1-10H3,(H,64,65);/b37-19+,39-33+;/t36-,38?,40?,42?,44?,45?,47?,48?,49?,50?,51?,56?;/m0./s1. The molecule has 0 aromatic rings. The van der Waals surface area contributed by atoms with Crippen molar-refractivity contribution in [2.45, 2.75) is 219 Å². The number of hydrogen-bond acceptors (Lipinski definition) is 11. The fourth-order valence-electron chi connectivity index (χ4n) is 11.6. The van der Waals surface area contributed by atoms with Crippen LogP contribution < -0.4 is 0 Å². The van der Waals surface area contributed by atoms with Crippen molar-refractivity contribution >= 4 is 33.7 Å². The van der Waals surface area contributed by atoms with E-state index in [1.807, 2.05) is 51.8 Å². The largest absolute Gasteiger partial charge is 0.0239 e. The molecule has 2 saturated carbocycles. The predicted molar refractivity (Wildman–Crippen MR) is 270 cm³/mol. The monoisotopic (exact) mass is 1030 g/mol. The number of aliphatic hydroxyl groups is 1. The summed E-state index contributed by atoms with van der Waals surface area (Å²) in [6.45, 7) is 13.8. The van der Waals surface area contributed by atoms with Gasteiger partial charge in [-0.3, -0.25) is 9.59 Å². The number of allylic oxidation sites excluding steroid dienone is 2. The number of hydrazine groups is 1. The molecule has 14 nitrogen and oxygen atoms in total. The smallest absolute Gasteiger partial charge is 0.0239 e. The normalized spacial score (nSPS) is 29.3. The molecule has 2 N–H and O–H groups in total. The van der Waals surface area contributed by atoms with Crippen LogP contribution in [0.1, 0.15) is 170 Å². The van der Waals surface area contributed by atoms with Crippen LogP contribution in [0.3, 0.4) is 0 Å². The second-order valence-electron chi connectivity index (χ2n) is 21.7. The van der Waals surface area contributed by atoms with Gasteiger partial charge >= 0.3 is 273 Å². The Balaban J connectivity index is 1.18. The maximum Gasteiger partial charge on any atom is -0.0239 e. The first-order valence-electron chi connectivity index (χ1n) is 26.7. The topological polar surface area (TPSA) is 172 Å². The molecule has 12 atom stereocenters. The van der Waals surface area contributed by atoms with E-state index in [2.05, 4.69) is 36.1 Å². The number of carboxylic acids is 1. The van der Waals surface area contributed by atoms with Crippen molar-refractivity contribution < 1.29 is 70.1 Å². The number of carbonyl (C=O) groups is 5. The number of methoxy groups -OCH3 is 3. The number of ether oxygens (including phenoxy) is 4. The first kappa shape index (κ1) is 58.8. The zero-order chi connectivity index (χ0) is 52.2. The van der Waals surface area contributed by atoms with Crippen molar-refractivity contribution in [3.63, 3.8) is 0 Å². The molecule has 2 amide bonds. The van der Waals surface area contributed by atoms with Gasteiger partial charge in [-0.1, -0.05) is 19.8 Å². The molecule has 0 bridgehead atoms. The van der Waals surface area contributed by atoms with Gasteiger partial charge in [-0.15, -0.1) is 0 Å². The van der Waals surface area contributed by atoms with Gasteiger partial charge in [-0.25, -0.2) is 4.79 Å². The van der Waals surface area contributed by atoms with E-state index in [0.29, 0.717) is 102 Å². The number of hydrogen-bond donors (Lipinski definition) is 2. The molecule has 2 aliphatic carbocycles. The molecular formula is C56H87N3O11V. The minimum Gasteiger partial charge on any atom is -0.0239 e. The fraction of sp³-hybridized carbons (Fsp3) is 0.750. The van der Waals surface area contributed by atoms with Crippen LogP contribution in [0.5, 0.6) is 0 Å². The summed E-state index contributed by atoms with van der Waals surface area (Å²) in [6, 6.07) is -1.56. The van der Waals surface area contributed by atoms with Gasteiger partial charge in [0, 0.05) is 26.5 Å². The third-order valence-corrected chi connectivity index (χ3v) is 16.3. The summed E-state index contributed by atoms with van der Waals surface area (Å²) in [4.78, 5) is 68.0. The van der Waals surface area contributed by atoms with E-state index in [0.717, 1.165) is 53.2 Å². The van der Waals surface area contributed by atoms with E-state index in [1.54, 1.807) is 33.3 Å². The molecule has 15 heteroatoms. The van der Waals surface area contributed by atoms with E-state index in [9.17, 15) is 34.2 Å².